The molecule has 0 atom stereocenters. The molecule has 0 bridgehead atoms. The topological polar surface area (TPSA) is 0 Å². The molecule has 57 valence electrons. The first kappa shape index (κ1) is 11.6. The number of hydrogen-bond acceptors (Lipinski definition) is 0. The lowest BCUT2D eigenvalue weighted by Crippen LogP contribution is -2.29. The van der Waals surface area contributed by atoms with Crippen LogP contribution in [0.5, 0.6) is 0 Å². The first-order valence-corrected chi connectivity index (χ1v) is 6.47. The Morgan fingerprint density at radius 2 is 1.70 bits per heavy atom. The van der Waals surface area contributed by atoms with Crippen LogP contribution in [0.2, 0.25) is 0 Å². The quantitative estimate of drug-likeness (QED) is 0.534. The lowest BCUT2D eigenvalue weighted by atomic mass is 10.3. The van der Waals surface area contributed by atoms with E-state index >= 15 is 0 Å². The largest absolute Gasteiger partial charge is 0.118 e. The van der Waals surface area contributed by atoms with E-state index in [0.29, 0.717) is 6.42 Å². The SMILES string of the molecule is CC(Cl)(Cl)CC(Cl)(Cl)[Si][Si]. The van der Waals surface area contributed by atoms with Crippen LogP contribution in [-0.2, 0) is 0 Å². The van der Waals surface area contributed by atoms with E-state index in [2.05, 4.69) is 9.76 Å². The lowest BCUT2D eigenvalue weighted by Gasteiger charge is -2.23. The van der Waals surface area contributed by atoms with E-state index in [0.717, 1.165) is 0 Å². The minimum Gasteiger partial charge on any atom is -0.107 e. The van der Waals surface area contributed by atoms with E-state index in [9.17, 15) is 0 Å². The summed E-state index contributed by atoms with van der Waals surface area (Å²) in [6.45, 7) is 1.65. The fourth-order valence-corrected chi connectivity index (χ4v) is 2.57. The highest BCUT2D eigenvalue weighted by Crippen LogP contribution is 2.35. The van der Waals surface area contributed by atoms with Gasteiger partial charge in [-0.2, -0.15) is 0 Å². The van der Waals surface area contributed by atoms with Gasteiger partial charge in [0, 0.05) is 16.2 Å². The van der Waals surface area contributed by atoms with Gasteiger partial charge in [-0.3, -0.25) is 0 Å². The Morgan fingerprint density at radius 3 is 1.80 bits per heavy atom. The summed E-state index contributed by atoms with van der Waals surface area (Å²) in [6, 6.07) is 0. The lowest BCUT2D eigenvalue weighted by molar-refractivity contribution is 0.767. The Morgan fingerprint density at radius 1 is 1.30 bits per heavy atom. The molecule has 10 heavy (non-hydrogen) atoms. The fourth-order valence-electron chi connectivity index (χ4n) is 0.434. The molecule has 0 saturated heterocycles. The molecule has 0 aliphatic heterocycles. The zero-order valence-electron chi connectivity index (χ0n) is 5.22. The van der Waals surface area contributed by atoms with Gasteiger partial charge in [0.2, 0.25) is 0 Å². The first-order valence-electron chi connectivity index (χ1n) is 2.46. The van der Waals surface area contributed by atoms with Crippen LogP contribution >= 0.6 is 46.4 Å². The second-order valence-electron chi connectivity index (χ2n) is 2.08. The zero-order chi connectivity index (χ0) is 8.41. The van der Waals surface area contributed by atoms with Gasteiger partial charge in [-0.15, -0.1) is 46.4 Å². The van der Waals surface area contributed by atoms with Crippen LogP contribution in [0.1, 0.15) is 13.3 Å². The van der Waals surface area contributed by atoms with E-state index in [1.165, 1.54) is 0 Å². The van der Waals surface area contributed by atoms with Crippen molar-refractivity contribution in [1.82, 2.24) is 0 Å². The highest BCUT2D eigenvalue weighted by molar-refractivity contribution is 7.00. The molecule has 0 aromatic rings. The summed E-state index contributed by atoms with van der Waals surface area (Å²) in [5.74, 6) is 0. The monoisotopic (exact) mass is 249 g/mol. The van der Waals surface area contributed by atoms with E-state index in [-0.39, 0.29) is 9.04 Å². The number of hydrogen-bond donors (Lipinski definition) is 0. The maximum absolute atomic E-state index is 5.77. The summed E-state index contributed by atoms with van der Waals surface area (Å²) in [5.41, 5.74) is 0. The number of rotatable bonds is 3. The highest BCUT2D eigenvalue weighted by Gasteiger charge is 2.31. The number of halogens is 4. The fraction of sp³-hybridized carbons (Fsp3) is 1.00. The van der Waals surface area contributed by atoms with Crippen LogP contribution in [0, 0.1) is 0 Å². The van der Waals surface area contributed by atoms with Gasteiger partial charge in [0.1, 0.15) is 8.29 Å². The Labute approximate surface area is 86.6 Å². The van der Waals surface area contributed by atoms with Crippen molar-refractivity contribution >= 4 is 65.2 Å². The van der Waals surface area contributed by atoms with Crippen LogP contribution in [-0.4, -0.2) is 27.1 Å². The van der Waals surface area contributed by atoms with Crippen molar-refractivity contribution in [3.63, 3.8) is 0 Å². The average molecular weight is 251 g/mol. The molecule has 0 aliphatic carbocycles. The van der Waals surface area contributed by atoms with Crippen molar-refractivity contribution in [3.8, 4) is 0 Å². The molecule has 5 radical (unpaired) electrons. The standard InChI is InChI=1S/C4H5Cl4Si2/c1-3(5,6)2-4(7,8)10-9/h2H2,1H3. The minimum atomic E-state index is -0.858. The van der Waals surface area contributed by atoms with Gasteiger partial charge in [-0.05, 0) is 6.92 Å². The molecular weight excluding hydrogens is 246 g/mol. The van der Waals surface area contributed by atoms with Gasteiger partial charge in [-0.25, -0.2) is 0 Å². The zero-order valence-corrected chi connectivity index (χ0v) is 10.2. The Hall–Kier alpha value is 1.59. The first-order chi connectivity index (χ1) is 4.27. The molecule has 0 N–H and O–H groups in total. The molecule has 0 saturated carbocycles. The van der Waals surface area contributed by atoms with Gasteiger partial charge >= 0.3 is 0 Å². The predicted molar refractivity (Wildman–Crippen MR) is 50.7 cm³/mol. The summed E-state index contributed by atoms with van der Waals surface area (Å²) >= 11 is 22.9. The third-order valence-electron chi connectivity index (χ3n) is 0.715. The third-order valence-corrected chi connectivity index (χ3v) is 4.59. The van der Waals surface area contributed by atoms with Crippen molar-refractivity contribution in [2.75, 3.05) is 0 Å². The smallest absolute Gasteiger partial charge is 0.107 e. The Balaban J connectivity index is 3.89. The molecule has 0 spiro atoms. The van der Waals surface area contributed by atoms with Crippen LogP contribution in [0.15, 0.2) is 0 Å². The second kappa shape index (κ2) is 4.01. The van der Waals surface area contributed by atoms with Crippen molar-refractivity contribution in [2.45, 2.75) is 21.6 Å². The van der Waals surface area contributed by atoms with Gasteiger partial charge in [0.15, 0.2) is 0 Å². The van der Waals surface area contributed by atoms with Gasteiger partial charge in [0.05, 0.1) is 9.04 Å². The van der Waals surface area contributed by atoms with Crippen molar-refractivity contribution < 1.29 is 0 Å². The summed E-state index contributed by atoms with van der Waals surface area (Å²) in [5, 5.41) is 0. The van der Waals surface area contributed by atoms with Gasteiger partial charge in [0.25, 0.3) is 0 Å². The summed E-state index contributed by atoms with van der Waals surface area (Å²) in [6.07, 6.45) is 0.341. The maximum Gasteiger partial charge on any atom is 0.118 e. The molecule has 0 aromatic heterocycles. The second-order valence-corrected chi connectivity index (χ2v) is 7.91. The highest BCUT2D eigenvalue weighted by atomic mass is 35.5. The van der Waals surface area contributed by atoms with E-state index in [4.69, 9.17) is 46.4 Å². The molecule has 0 fully saturated rings. The average Bonchev–Trinajstić information content (AvgIpc) is 1.60. The third kappa shape index (κ3) is 6.31. The molecule has 0 unspecified atom stereocenters. The van der Waals surface area contributed by atoms with Crippen LogP contribution in [0.25, 0.3) is 0 Å². The van der Waals surface area contributed by atoms with Crippen LogP contribution in [0.4, 0.5) is 0 Å². The van der Waals surface area contributed by atoms with Crippen molar-refractivity contribution in [1.29, 1.82) is 0 Å². The summed E-state index contributed by atoms with van der Waals surface area (Å²) < 4.78 is -1.71. The molecule has 0 heterocycles. The van der Waals surface area contributed by atoms with Crippen molar-refractivity contribution in [2.24, 2.45) is 0 Å². The molecular formula is C4H5Cl4Si2. The summed E-state index contributed by atoms with van der Waals surface area (Å²) in [7, 11) is 3.44. The number of alkyl halides is 4. The van der Waals surface area contributed by atoms with Gasteiger partial charge in [-0.1, -0.05) is 0 Å². The van der Waals surface area contributed by atoms with Crippen LogP contribution in [0.3, 0.4) is 0 Å². The maximum atomic E-state index is 5.77. The molecule has 0 rings (SSSR count). The Kier molecular flexibility index (Phi) is 4.65. The Bertz CT molecular complexity index is 108. The van der Waals surface area contributed by atoms with E-state index in [1.807, 2.05) is 0 Å². The van der Waals surface area contributed by atoms with Crippen molar-refractivity contribution in [3.05, 3.63) is 0 Å². The molecule has 0 amide bonds. The molecule has 0 aromatic carbocycles. The predicted octanol–water partition coefficient (Wildman–Crippen LogP) is 2.49. The van der Waals surface area contributed by atoms with E-state index in [1.54, 1.807) is 6.92 Å². The minimum absolute atomic E-state index is 0.226. The summed E-state index contributed by atoms with van der Waals surface area (Å²) in [4.78, 5) is 0. The molecule has 0 aliphatic rings. The van der Waals surface area contributed by atoms with E-state index < -0.39 is 8.29 Å². The van der Waals surface area contributed by atoms with Gasteiger partial charge < -0.3 is 0 Å². The normalized spacial score (nSPS) is 13.8. The molecule has 6 heteroatoms. The molecule has 0 nitrogen and oxygen atoms in total. The van der Waals surface area contributed by atoms with Crippen LogP contribution < -0.4 is 0 Å².